The molecular formula is C20H19FN2O3. The lowest BCUT2D eigenvalue weighted by Crippen LogP contribution is -2.32. The number of anilines is 1. The van der Waals surface area contributed by atoms with E-state index in [-0.39, 0.29) is 24.7 Å². The van der Waals surface area contributed by atoms with Crippen LogP contribution in [0.25, 0.3) is 0 Å². The number of hydrogen-bond donors (Lipinski definition) is 1. The molecule has 2 aromatic carbocycles. The molecule has 1 aliphatic rings. The van der Waals surface area contributed by atoms with E-state index in [0.29, 0.717) is 5.69 Å². The fourth-order valence-corrected chi connectivity index (χ4v) is 3.16. The van der Waals surface area contributed by atoms with Crippen molar-refractivity contribution < 1.29 is 18.8 Å². The van der Waals surface area contributed by atoms with Crippen LogP contribution in [0.3, 0.4) is 0 Å². The second-order valence-corrected chi connectivity index (χ2v) is 6.43. The van der Waals surface area contributed by atoms with Crippen LogP contribution >= 0.6 is 0 Å². The van der Waals surface area contributed by atoms with E-state index in [1.165, 1.54) is 17.0 Å². The van der Waals surface area contributed by atoms with Gasteiger partial charge < -0.3 is 10.6 Å². The normalized spacial score (nSPS) is 16.7. The molecule has 3 rings (SSSR count). The number of rotatable bonds is 6. The molecule has 5 nitrogen and oxygen atoms in total. The van der Waals surface area contributed by atoms with E-state index in [9.17, 15) is 18.8 Å². The molecule has 0 bridgehead atoms. The maximum Gasteiger partial charge on any atom is 0.285 e. The first kappa shape index (κ1) is 17.8. The Morgan fingerprint density at radius 2 is 1.77 bits per heavy atom. The summed E-state index contributed by atoms with van der Waals surface area (Å²) < 4.78 is 13.2. The van der Waals surface area contributed by atoms with Gasteiger partial charge in [-0.3, -0.25) is 14.4 Å². The zero-order chi connectivity index (χ0) is 18.7. The van der Waals surface area contributed by atoms with Gasteiger partial charge in [-0.25, -0.2) is 4.39 Å². The van der Waals surface area contributed by atoms with Crippen molar-refractivity contribution in [1.82, 2.24) is 0 Å². The number of ketones is 1. The summed E-state index contributed by atoms with van der Waals surface area (Å²) in [7, 11) is 0. The van der Waals surface area contributed by atoms with Gasteiger partial charge in [-0.1, -0.05) is 24.3 Å². The molecule has 2 aromatic rings. The van der Waals surface area contributed by atoms with Crippen molar-refractivity contribution in [3.05, 3.63) is 65.5 Å². The maximum atomic E-state index is 13.2. The van der Waals surface area contributed by atoms with Gasteiger partial charge >= 0.3 is 0 Å². The van der Waals surface area contributed by atoms with Crippen LogP contribution in [-0.4, -0.2) is 24.1 Å². The van der Waals surface area contributed by atoms with Gasteiger partial charge in [-0.2, -0.15) is 0 Å². The van der Waals surface area contributed by atoms with Crippen LogP contribution in [0.4, 0.5) is 10.1 Å². The van der Waals surface area contributed by atoms with Crippen molar-refractivity contribution >= 4 is 23.3 Å². The average molecular weight is 354 g/mol. The molecule has 1 fully saturated rings. The van der Waals surface area contributed by atoms with Gasteiger partial charge in [0.05, 0.1) is 5.92 Å². The predicted molar refractivity (Wildman–Crippen MR) is 94.9 cm³/mol. The Labute approximate surface area is 150 Å². The number of carbonyl (C=O) groups excluding carboxylic acids is 3. The summed E-state index contributed by atoms with van der Waals surface area (Å²) in [5.74, 6) is -2.82. The minimum absolute atomic E-state index is 0.00307. The van der Waals surface area contributed by atoms with Crippen LogP contribution in [0.15, 0.2) is 48.5 Å². The van der Waals surface area contributed by atoms with Gasteiger partial charge in [0, 0.05) is 18.7 Å². The zero-order valence-electron chi connectivity index (χ0n) is 14.2. The molecule has 0 spiro atoms. The molecule has 1 atom stereocenters. The van der Waals surface area contributed by atoms with Crippen molar-refractivity contribution in [2.75, 3.05) is 11.4 Å². The first-order valence-electron chi connectivity index (χ1n) is 8.41. The molecule has 0 saturated carbocycles. The number of amides is 2. The van der Waals surface area contributed by atoms with E-state index in [0.717, 1.165) is 24.0 Å². The number of carbonyl (C=O) groups is 3. The molecule has 6 heteroatoms. The summed E-state index contributed by atoms with van der Waals surface area (Å²) in [5, 5.41) is 0. The monoisotopic (exact) mass is 354 g/mol. The fraction of sp³-hybridized carbons (Fsp3) is 0.250. The Morgan fingerprint density at radius 3 is 2.42 bits per heavy atom. The Morgan fingerprint density at radius 1 is 1.08 bits per heavy atom. The predicted octanol–water partition coefficient (Wildman–Crippen LogP) is 2.02. The topological polar surface area (TPSA) is 80.5 Å². The van der Waals surface area contributed by atoms with Crippen molar-refractivity contribution in [3.8, 4) is 0 Å². The third-order valence-corrected chi connectivity index (χ3v) is 4.58. The maximum absolute atomic E-state index is 13.2. The summed E-state index contributed by atoms with van der Waals surface area (Å²) in [6.45, 7) is 0.170. The lowest BCUT2D eigenvalue weighted by molar-refractivity contribution is -0.138. The van der Waals surface area contributed by atoms with Gasteiger partial charge in [0.25, 0.3) is 5.91 Å². The lowest BCUT2D eigenvalue weighted by atomic mass is 10.0. The van der Waals surface area contributed by atoms with Crippen LogP contribution in [0.5, 0.6) is 0 Å². The van der Waals surface area contributed by atoms with Gasteiger partial charge in [0.1, 0.15) is 5.82 Å². The Hall–Kier alpha value is -3.02. The lowest BCUT2D eigenvalue weighted by Gasteiger charge is -2.16. The molecule has 134 valence electrons. The smallest absolute Gasteiger partial charge is 0.285 e. The second-order valence-electron chi connectivity index (χ2n) is 6.43. The number of hydrogen-bond acceptors (Lipinski definition) is 3. The van der Waals surface area contributed by atoms with Crippen LogP contribution in [0, 0.1) is 11.7 Å². The van der Waals surface area contributed by atoms with Crippen LogP contribution in [0.2, 0.25) is 0 Å². The molecule has 1 heterocycles. The number of primary amides is 1. The Bertz CT molecular complexity index is 848. The highest BCUT2D eigenvalue weighted by molar-refractivity contribution is 6.37. The highest BCUT2D eigenvalue weighted by Gasteiger charge is 2.36. The average Bonchev–Trinajstić information content (AvgIpc) is 3.01. The molecule has 1 aliphatic heterocycles. The molecule has 1 saturated heterocycles. The molecule has 0 radical (unpaired) electrons. The van der Waals surface area contributed by atoms with Gasteiger partial charge in [0.15, 0.2) is 0 Å². The van der Waals surface area contributed by atoms with E-state index in [4.69, 9.17) is 5.73 Å². The summed E-state index contributed by atoms with van der Waals surface area (Å²) in [6.07, 6.45) is 1.47. The number of aryl methyl sites for hydroxylation is 2. The summed E-state index contributed by atoms with van der Waals surface area (Å²) in [5.41, 5.74) is 7.69. The van der Waals surface area contributed by atoms with Crippen LogP contribution < -0.4 is 10.6 Å². The summed E-state index contributed by atoms with van der Waals surface area (Å²) in [4.78, 5) is 36.3. The molecule has 0 aromatic heterocycles. The van der Waals surface area contributed by atoms with Gasteiger partial charge in [-0.15, -0.1) is 0 Å². The van der Waals surface area contributed by atoms with E-state index >= 15 is 0 Å². The molecule has 2 N–H and O–H groups in total. The van der Waals surface area contributed by atoms with Crippen molar-refractivity contribution in [1.29, 1.82) is 0 Å². The SMILES string of the molecule is NC(=O)C(=O)C1CC(=O)N(c2ccc(CCc3cccc(F)c3)cc2)C1. The third kappa shape index (κ3) is 3.96. The number of benzene rings is 2. The molecular weight excluding hydrogens is 335 g/mol. The van der Waals surface area contributed by atoms with Gasteiger partial charge in [-0.05, 0) is 48.2 Å². The highest BCUT2D eigenvalue weighted by Crippen LogP contribution is 2.26. The second kappa shape index (κ2) is 7.47. The minimum atomic E-state index is -1.00. The number of nitrogens with zero attached hydrogens (tertiary/aromatic N) is 1. The van der Waals surface area contributed by atoms with E-state index in [1.54, 1.807) is 6.07 Å². The number of nitrogens with two attached hydrogens (primary N) is 1. The quantitative estimate of drug-likeness (QED) is 0.806. The first-order valence-corrected chi connectivity index (χ1v) is 8.41. The van der Waals surface area contributed by atoms with Gasteiger partial charge in [0.2, 0.25) is 11.7 Å². The molecule has 0 aliphatic carbocycles. The fourth-order valence-electron chi connectivity index (χ4n) is 3.16. The number of halogens is 1. The van der Waals surface area contributed by atoms with Crippen LogP contribution in [-0.2, 0) is 27.2 Å². The Kier molecular flexibility index (Phi) is 5.11. The zero-order valence-corrected chi connectivity index (χ0v) is 14.2. The first-order chi connectivity index (χ1) is 12.4. The summed E-state index contributed by atoms with van der Waals surface area (Å²) >= 11 is 0. The summed E-state index contributed by atoms with van der Waals surface area (Å²) in [6, 6.07) is 14.0. The van der Waals surface area contributed by atoms with E-state index in [2.05, 4.69) is 0 Å². The van der Waals surface area contributed by atoms with E-state index in [1.807, 2.05) is 30.3 Å². The molecule has 2 amide bonds. The van der Waals surface area contributed by atoms with E-state index < -0.39 is 17.6 Å². The highest BCUT2D eigenvalue weighted by atomic mass is 19.1. The largest absolute Gasteiger partial charge is 0.363 e. The molecule has 1 unspecified atom stereocenters. The van der Waals surface area contributed by atoms with Crippen molar-refractivity contribution in [2.45, 2.75) is 19.3 Å². The van der Waals surface area contributed by atoms with Crippen LogP contribution in [0.1, 0.15) is 17.5 Å². The molecule has 26 heavy (non-hydrogen) atoms. The minimum Gasteiger partial charge on any atom is -0.363 e. The third-order valence-electron chi connectivity index (χ3n) is 4.58. The van der Waals surface area contributed by atoms with Crippen molar-refractivity contribution in [2.24, 2.45) is 11.7 Å². The standard InChI is InChI=1S/C20H19FN2O3/c21-16-3-1-2-14(10-16)5-4-13-6-8-17(9-7-13)23-12-15(11-18(23)24)19(25)20(22)26/h1-3,6-10,15H,4-5,11-12H2,(H2,22,26). The number of Topliss-reactive ketones (excluding diaryl/α,β-unsaturated/α-hetero) is 1. The Balaban J connectivity index is 1.63. The van der Waals surface area contributed by atoms with Crippen molar-refractivity contribution in [3.63, 3.8) is 0 Å².